The van der Waals surface area contributed by atoms with E-state index in [4.69, 9.17) is 5.11 Å². The van der Waals surface area contributed by atoms with Gasteiger partial charge in [-0.05, 0) is 24.6 Å². The van der Waals surface area contributed by atoms with E-state index in [2.05, 4.69) is 10.3 Å². The number of amides is 1. The number of aromatic nitrogens is 1. The first-order chi connectivity index (χ1) is 9.02. The van der Waals surface area contributed by atoms with Gasteiger partial charge in [0.05, 0.1) is 0 Å². The summed E-state index contributed by atoms with van der Waals surface area (Å²) in [5.41, 5.74) is 0.838. The second-order valence-electron chi connectivity index (χ2n) is 4.19. The number of hydrogen-bond donors (Lipinski definition) is 4. The molecule has 100 valence electrons. The highest BCUT2D eigenvalue weighted by molar-refractivity contribution is 6.00. The minimum Gasteiger partial charge on any atom is -0.507 e. The van der Waals surface area contributed by atoms with Crippen LogP contribution >= 0.6 is 0 Å². The number of rotatable bonds is 4. The summed E-state index contributed by atoms with van der Waals surface area (Å²) in [5, 5.41) is 21.5. The molecule has 6 nitrogen and oxygen atoms in total. The third-order valence-corrected chi connectivity index (χ3v) is 2.90. The van der Waals surface area contributed by atoms with E-state index < -0.39 is 17.9 Å². The average Bonchev–Trinajstić information content (AvgIpc) is 2.80. The van der Waals surface area contributed by atoms with Gasteiger partial charge < -0.3 is 20.5 Å². The third kappa shape index (κ3) is 2.52. The van der Waals surface area contributed by atoms with Crippen LogP contribution in [0.25, 0.3) is 10.9 Å². The molecule has 1 aromatic carbocycles. The fourth-order valence-electron chi connectivity index (χ4n) is 1.84. The molecule has 1 amide bonds. The van der Waals surface area contributed by atoms with Crippen LogP contribution in [-0.4, -0.2) is 33.1 Å². The van der Waals surface area contributed by atoms with E-state index in [1.165, 1.54) is 12.1 Å². The molecule has 0 bridgehead atoms. The average molecular weight is 262 g/mol. The van der Waals surface area contributed by atoms with Gasteiger partial charge in [-0.2, -0.15) is 0 Å². The summed E-state index contributed by atoms with van der Waals surface area (Å²) in [6, 6.07) is 5.47. The Balaban J connectivity index is 2.27. The van der Waals surface area contributed by atoms with Crippen molar-refractivity contribution in [3.05, 3.63) is 30.0 Å². The lowest BCUT2D eigenvalue weighted by atomic mass is 10.2. The highest BCUT2D eigenvalue weighted by atomic mass is 16.4. The molecule has 1 heterocycles. The zero-order valence-corrected chi connectivity index (χ0v) is 10.3. The van der Waals surface area contributed by atoms with Crippen LogP contribution in [0.4, 0.5) is 0 Å². The first kappa shape index (κ1) is 12.9. The van der Waals surface area contributed by atoms with Crippen molar-refractivity contribution in [2.24, 2.45) is 0 Å². The first-order valence-electron chi connectivity index (χ1n) is 5.87. The SMILES string of the molecule is CCC(NC(=O)c1cc2c(O)cccc2[nH]1)C(=O)O. The number of aliphatic carboxylic acids is 1. The Morgan fingerprint density at radius 2 is 2.16 bits per heavy atom. The van der Waals surface area contributed by atoms with Crippen LogP contribution in [0.5, 0.6) is 5.75 Å². The monoisotopic (exact) mass is 262 g/mol. The topological polar surface area (TPSA) is 102 Å². The maximum absolute atomic E-state index is 11.9. The van der Waals surface area contributed by atoms with Crippen molar-refractivity contribution < 1.29 is 19.8 Å². The van der Waals surface area contributed by atoms with E-state index in [0.717, 1.165) is 0 Å². The van der Waals surface area contributed by atoms with E-state index in [1.54, 1.807) is 19.1 Å². The molecule has 0 saturated heterocycles. The molecule has 19 heavy (non-hydrogen) atoms. The Bertz CT molecular complexity index is 633. The van der Waals surface area contributed by atoms with Gasteiger partial charge in [0.2, 0.25) is 0 Å². The number of aromatic amines is 1. The van der Waals surface area contributed by atoms with Crippen LogP contribution in [0.3, 0.4) is 0 Å². The van der Waals surface area contributed by atoms with Crippen molar-refractivity contribution in [2.75, 3.05) is 0 Å². The summed E-state index contributed by atoms with van der Waals surface area (Å²) < 4.78 is 0. The highest BCUT2D eigenvalue weighted by Crippen LogP contribution is 2.24. The normalized spacial score (nSPS) is 12.3. The van der Waals surface area contributed by atoms with Gasteiger partial charge in [0, 0.05) is 10.9 Å². The fraction of sp³-hybridized carbons (Fsp3) is 0.231. The lowest BCUT2D eigenvalue weighted by Gasteiger charge is -2.10. The molecule has 0 radical (unpaired) electrons. The second-order valence-corrected chi connectivity index (χ2v) is 4.19. The maximum atomic E-state index is 11.9. The number of aromatic hydroxyl groups is 1. The van der Waals surface area contributed by atoms with Crippen molar-refractivity contribution in [1.82, 2.24) is 10.3 Å². The molecule has 4 N–H and O–H groups in total. The number of carbonyl (C=O) groups excluding carboxylic acids is 1. The van der Waals surface area contributed by atoms with Gasteiger partial charge in [-0.15, -0.1) is 0 Å². The van der Waals surface area contributed by atoms with Crippen LogP contribution < -0.4 is 5.32 Å². The van der Waals surface area contributed by atoms with E-state index in [1.807, 2.05) is 0 Å². The zero-order valence-electron chi connectivity index (χ0n) is 10.3. The van der Waals surface area contributed by atoms with Crippen LogP contribution in [0.1, 0.15) is 23.8 Å². The van der Waals surface area contributed by atoms with Gasteiger partial charge in [0.1, 0.15) is 17.5 Å². The van der Waals surface area contributed by atoms with E-state index in [9.17, 15) is 14.7 Å². The predicted octanol–water partition coefficient (Wildman–Crippen LogP) is 1.47. The molecular weight excluding hydrogens is 248 g/mol. The quantitative estimate of drug-likeness (QED) is 0.670. The molecule has 0 spiro atoms. The summed E-state index contributed by atoms with van der Waals surface area (Å²) >= 11 is 0. The molecule has 0 fully saturated rings. The molecule has 2 rings (SSSR count). The maximum Gasteiger partial charge on any atom is 0.326 e. The van der Waals surface area contributed by atoms with Crippen molar-refractivity contribution in [1.29, 1.82) is 0 Å². The molecule has 0 saturated carbocycles. The predicted molar refractivity (Wildman–Crippen MR) is 69.1 cm³/mol. The highest BCUT2D eigenvalue weighted by Gasteiger charge is 2.19. The van der Waals surface area contributed by atoms with Gasteiger partial charge in [-0.1, -0.05) is 13.0 Å². The smallest absolute Gasteiger partial charge is 0.326 e. The van der Waals surface area contributed by atoms with E-state index >= 15 is 0 Å². The van der Waals surface area contributed by atoms with Gasteiger partial charge in [-0.3, -0.25) is 4.79 Å². The minimum atomic E-state index is -1.07. The van der Waals surface area contributed by atoms with Crippen molar-refractivity contribution in [3.8, 4) is 5.75 Å². The molecule has 2 aromatic rings. The number of fused-ring (bicyclic) bond motifs is 1. The number of benzene rings is 1. The largest absolute Gasteiger partial charge is 0.507 e. The number of hydrogen-bond acceptors (Lipinski definition) is 3. The number of phenolic OH excluding ortho intramolecular Hbond substituents is 1. The van der Waals surface area contributed by atoms with Crippen LogP contribution in [0.2, 0.25) is 0 Å². The number of carboxylic acid groups (broad SMARTS) is 1. The van der Waals surface area contributed by atoms with Gasteiger partial charge in [0.25, 0.3) is 5.91 Å². The summed E-state index contributed by atoms with van der Waals surface area (Å²) in [7, 11) is 0. The van der Waals surface area contributed by atoms with Crippen molar-refractivity contribution in [2.45, 2.75) is 19.4 Å². The van der Waals surface area contributed by atoms with Gasteiger partial charge >= 0.3 is 5.97 Å². The summed E-state index contributed by atoms with van der Waals surface area (Å²) in [4.78, 5) is 25.6. The molecular formula is C13H14N2O4. The number of carboxylic acids is 1. The molecule has 6 heteroatoms. The lowest BCUT2D eigenvalue weighted by Crippen LogP contribution is -2.40. The van der Waals surface area contributed by atoms with E-state index in [0.29, 0.717) is 17.3 Å². The molecule has 1 aromatic heterocycles. The molecule has 0 aliphatic carbocycles. The Morgan fingerprint density at radius 1 is 1.42 bits per heavy atom. The molecule has 0 aliphatic rings. The van der Waals surface area contributed by atoms with Crippen molar-refractivity contribution >= 4 is 22.8 Å². The zero-order chi connectivity index (χ0) is 14.0. The summed E-state index contributed by atoms with van der Waals surface area (Å²) in [5.74, 6) is -1.52. The Kier molecular flexibility index (Phi) is 3.41. The first-order valence-corrected chi connectivity index (χ1v) is 5.87. The molecule has 0 aliphatic heterocycles. The van der Waals surface area contributed by atoms with Crippen molar-refractivity contribution in [3.63, 3.8) is 0 Å². The number of H-pyrrole nitrogens is 1. The second kappa shape index (κ2) is 5.01. The summed E-state index contributed by atoms with van der Waals surface area (Å²) in [6.45, 7) is 1.68. The van der Waals surface area contributed by atoms with Gasteiger partial charge in [0.15, 0.2) is 0 Å². The van der Waals surface area contributed by atoms with E-state index in [-0.39, 0.29) is 11.4 Å². The molecule has 1 atom stereocenters. The standard InChI is InChI=1S/C13H14N2O4/c1-2-8(13(18)19)15-12(17)10-6-7-9(14-10)4-3-5-11(7)16/h3-6,8,14,16H,2H2,1H3,(H,15,17)(H,18,19). The Hall–Kier alpha value is -2.50. The summed E-state index contributed by atoms with van der Waals surface area (Å²) in [6.07, 6.45) is 0.298. The number of carbonyl (C=O) groups is 2. The van der Waals surface area contributed by atoms with Crippen LogP contribution in [0.15, 0.2) is 24.3 Å². The Labute approximate surface area is 109 Å². The number of nitrogens with one attached hydrogen (secondary N) is 2. The van der Waals surface area contributed by atoms with Crippen LogP contribution in [-0.2, 0) is 4.79 Å². The molecule has 1 unspecified atom stereocenters. The fourth-order valence-corrected chi connectivity index (χ4v) is 1.84. The number of phenols is 1. The third-order valence-electron chi connectivity index (χ3n) is 2.90. The lowest BCUT2D eigenvalue weighted by molar-refractivity contribution is -0.139. The minimum absolute atomic E-state index is 0.0677. The Morgan fingerprint density at radius 3 is 2.74 bits per heavy atom. The van der Waals surface area contributed by atoms with Crippen LogP contribution in [0, 0.1) is 0 Å². The van der Waals surface area contributed by atoms with Gasteiger partial charge in [-0.25, -0.2) is 4.79 Å².